The number of rotatable bonds is 4. The summed E-state index contributed by atoms with van der Waals surface area (Å²) in [5.41, 5.74) is 2.89. The lowest BCUT2D eigenvalue weighted by Crippen LogP contribution is -2.36. The summed E-state index contributed by atoms with van der Waals surface area (Å²) in [6.07, 6.45) is 1.62. The number of amides is 1. The van der Waals surface area contributed by atoms with Crippen molar-refractivity contribution in [1.82, 2.24) is 4.90 Å². The highest BCUT2D eigenvalue weighted by Crippen LogP contribution is 2.39. The summed E-state index contributed by atoms with van der Waals surface area (Å²) in [6, 6.07) is 8.84. The maximum absolute atomic E-state index is 13.6. The van der Waals surface area contributed by atoms with Crippen LogP contribution < -0.4 is 5.43 Å². The van der Waals surface area contributed by atoms with Gasteiger partial charge in [0.2, 0.25) is 5.76 Å². The van der Waals surface area contributed by atoms with Crippen molar-refractivity contribution in [3.63, 3.8) is 0 Å². The number of nitrogens with zero attached hydrogens (tertiary/aromatic N) is 2. The Balaban J connectivity index is 1.70. The number of hydrogen-bond acceptors (Lipinski definition) is 6. The van der Waals surface area contributed by atoms with E-state index in [9.17, 15) is 19.7 Å². The fourth-order valence-corrected chi connectivity index (χ4v) is 4.60. The van der Waals surface area contributed by atoms with Gasteiger partial charge in [-0.2, -0.15) is 0 Å². The molecule has 0 radical (unpaired) electrons. The molecule has 0 N–H and O–H groups in total. The highest BCUT2D eigenvalue weighted by Gasteiger charge is 2.44. The van der Waals surface area contributed by atoms with E-state index in [1.54, 1.807) is 29.2 Å². The molecule has 1 aromatic heterocycles. The molecule has 1 amide bonds. The molecule has 0 unspecified atom stereocenters. The second kappa shape index (κ2) is 7.56. The van der Waals surface area contributed by atoms with Crippen LogP contribution >= 0.6 is 0 Å². The summed E-state index contributed by atoms with van der Waals surface area (Å²) in [5.74, 6) is -0.330. The number of benzene rings is 2. The zero-order valence-corrected chi connectivity index (χ0v) is 17.8. The van der Waals surface area contributed by atoms with Crippen LogP contribution in [0.5, 0.6) is 0 Å². The zero-order valence-electron chi connectivity index (χ0n) is 17.8. The number of nitro benzene ring substituents is 1. The van der Waals surface area contributed by atoms with Crippen molar-refractivity contribution in [3.05, 3.63) is 84.7 Å². The summed E-state index contributed by atoms with van der Waals surface area (Å²) >= 11 is 0. The Morgan fingerprint density at radius 2 is 1.84 bits per heavy atom. The van der Waals surface area contributed by atoms with Crippen LogP contribution in [-0.2, 0) is 4.74 Å². The Hall–Kier alpha value is -3.52. The van der Waals surface area contributed by atoms with Crippen LogP contribution in [0.25, 0.3) is 11.0 Å². The molecular weight excluding hydrogens is 412 g/mol. The van der Waals surface area contributed by atoms with E-state index in [1.807, 2.05) is 13.8 Å². The van der Waals surface area contributed by atoms with Crippen LogP contribution in [-0.4, -0.2) is 35.0 Å². The number of ether oxygens (including phenoxy) is 1. The second-order valence-corrected chi connectivity index (χ2v) is 8.45. The summed E-state index contributed by atoms with van der Waals surface area (Å²) in [6.45, 7) is 4.80. The van der Waals surface area contributed by atoms with Gasteiger partial charge in [0.1, 0.15) is 5.58 Å². The van der Waals surface area contributed by atoms with Gasteiger partial charge < -0.3 is 14.1 Å². The topological polar surface area (TPSA) is 103 Å². The van der Waals surface area contributed by atoms with Crippen LogP contribution in [0.2, 0.25) is 0 Å². The van der Waals surface area contributed by atoms with Crippen LogP contribution in [0.4, 0.5) is 5.69 Å². The van der Waals surface area contributed by atoms with Gasteiger partial charge in [0.15, 0.2) is 5.43 Å². The molecule has 0 saturated carbocycles. The molecule has 0 aliphatic carbocycles. The van der Waals surface area contributed by atoms with Crippen molar-refractivity contribution in [1.29, 1.82) is 0 Å². The molecule has 0 bridgehead atoms. The molecule has 2 atom stereocenters. The lowest BCUT2D eigenvalue weighted by Gasteiger charge is -2.27. The molecule has 3 aromatic rings. The highest BCUT2D eigenvalue weighted by molar-refractivity contribution is 5.99. The van der Waals surface area contributed by atoms with Crippen molar-refractivity contribution in [2.24, 2.45) is 0 Å². The minimum Gasteiger partial charge on any atom is -0.450 e. The van der Waals surface area contributed by atoms with Gasteiger partial charge >= 0.3 is 0 Å². The smallest absolute Gasteiger partial charge is 0.291 e. The predicted molar refractivity (Wildman–Crippen MR) is 117 cm³/mol. The van der Waals surface area contributed by atoms with E-state index >= 15 is 0 Å². The molecular formula is C24H22N2O6. The van der Waals surface area contributed by atoms with Gasteiger partial charge in [-0.25, -0.2) is 0 Å². The number of hydrogen-bond donors (Lipinski definition) is 0. The van der Waals surface area contributed by atoms with Gasteiger partial charge in [-0.1, -0.05) is 0 Å². The van der Waals surface area contributed by atoms with Gasteiger partial charge in [-0.15, -0.1) is 0 Å². The Bertz CT molecular complexity index is 1300. The molecule has 3 heterocycles. The fourth-order valence-electron chi connectivity index (χ4n) is 4.60. The summed E-state index contributed by atoms with van der Waals surface area (Å²) in [5, 5.41) is 11.5. The number of fused-ring (bicyclic) bond motifs is 2. The second-order valence-electron chi connectivity index (χ2n) is 8.45. The maximum atomic E-state index is 13.6. The van der Waals surface area contributed by atoms with Crippen molar-refractivity contribution in [3.8, 4) is 0 Å². The van der Waals surface area contributed by atoms with Crippen LogP contribution in [0.1, 0.15) is 51.7 Å². The molecule has 8 nitrogen and oxygen atoms in total. The summed E-state index contributed by atoms with van der Waals surface area (Å²) in [4.78, 5) is 39.2. The van der Waals surface area contributed by atoms with Gasteiger partial charge in [0.05, 0.1) is 28.0 Å². The molecule has 1 fully saturated rings. The van der Waals surface area contributed by atoms with E-state index < -0.39 is 11.0 Å². The molecule has 1 saturated heterocycles. The van der Waals surface area contributed by atoms with Crippen LogP contribution in [0.15, 0.2) is 45.6 Å². The van der Waals surface area contributed by atoms with Crippen molar-refractivity contribution in [2.45, 2.75) is 38.8 Å². The molecule has 2 aliphatic heterocycles. The summed E-state index contributed by atoms with van der Waals surface area (Å²) < 4.78 is 11.7. The molecule has 8 heteroatoms. The molecule has 32 heavy (non-hydrogen) atoms. The maximum Gasteiger partial charge on any atom is 0.291 e. The monoisotopic (exact) mass is 434 g/mol. The van der Waals surface area contributed by atoms with Gasteiger partial charge in [0, 0.05) is 25.3 Å². The van der Waals surface area contributed by atoms with E-state index in [2.05, 4.69) is 0 Å². The Morgan fingerprint density at radius 1 is 1.12 bits per heavy atom. The first kappa shape index (κ1) is 20.4. The highest BCUT2D eigenvalue weighted by atomic mass is 16.6. The van der Waals surface area contributed by atoms with Gasteiger partial charge in [0.25, 0.3) is 11.6 Å². The average molecular weight is 434 g/mol. The number of carbonyl (C=O) groups excluding carboxylic acids is 1. The van der Waals surface area contributed by atoms with E-state index in [1.165, 1.54) is 12.1 Å². The predicted octanol–water partition coefficient (Wildman–Crippen LogP) is 4.04. The Kier molecular flexibility index (Phi) is 4.82. The Labute approximate surface area is 183 Å². The zero-order chi connectivity index (χ0) is 22.6. The van der Waals surface area contributed by atoms with Gasteiger partial charge in [-0.3, -0.25) is 19.7 Å². The molecule has 0 spiro atoms. The number of non-ortho nitro benzene ring substituents is 1. The number of carbonyl (C=O) groups is 1. The molecule has 2 aromatic carbocycles. The van der Waals surface area contributed by atoms with Crippen molar-refractivity contribution < 1.29 is 18.9 Å². The lowest BCUT2D eigenvalue weighted by molar-refractivity contribution is -0.384. The van der Waals surface area contributed by atoms with Crippen molar-refractivity contribution in [2.75, 3.05) is 13.2 Å². The fraction of sp³-hybridized carbons (Fsp3) is 0.333. The molecule has 164 valence electrons. The minimum absolute atomic E-state index is 0.0344. The van der Waals surface area contributed by atoms with Crippen molar-refractivity contribution >= 4 is 22.6 Å². The minimum atomic E-state index is -0.690. The van der Waals surface area contributed by atoms with E-state index in [-0.39, 0.29) is 34.5 Å². The summed E-state index contributed by atoms with van der Waals surface area (Å²) in [7, 11) is 0. The van der Waals surface area contributed by atoms with Crippen LogP contribution in [0.3, 0.4) is 0 Å². The first-order valence-corrected chi connectivity index (χ1v) is 10.6. The van der Waals surface area contributed by atoms with E-state index in [4.69, 9.17) is 9.15 Å². The first-order chi connectivity index (χ1) is 15.3. The standard InChI is InChI=1S/C24H22N2O6/c1-13-10-18-19(11-14(13)2)32-23-20(22(18)27)21(15-5-7-16(8-6-15)26(29)30)25(24(23)28)12-17-4-3-9-31-17/h5-8,10-11,17,21H,3-4,9,12H2,1-2H3/t17-,21-/m0/s1. The number of aryl methyl sites for hydroxylation is 2. The quantitative estimate of drug-likeness (QED) is 0.453. The van der Waals surface area contributed by atoms with E-state index in [0.717, 1.165) is 24.0 Å². The first-order valence-electron chi connectivity index (χ1n) is 10.6. The largest absolute Gasteiger partial charge is 0.450 e. The number of nitro groups is 1. The third-order valence-corrected chi connectivity index (χ3v) is 6.43. The third-order valence-electron chi connectivity index (χ3n) is 6.43. The SMILES string of the molecule is Cc1cc2oc3c(c(=O)c2cc1C)[C@H](c1ccc([N+](=O)[O-])cc1)N(C[C@@H]1CCCO1)C3=O. The normalized spacial score (nSPS) is 20.2. The Morgan fingerprint density at radius 3 is 2.50 bits per heavy atom. The molecule has 2 aliphatic rings. The van der Waals surface area contributed by atoms with Crippen LogP contribution in [0, 0.1) is 24.0 Å². The van der Waals surface area contributed by atoms with E-state index in [0.29, 0.717) is 29.7 Å². The van der Waals surface area contributed by atoms with Gasteiger partial charge in [-0.05, 0) is 67.6 Å². The molecule has 5 rings (SSSR count). The third kappa shape index (κ3) is 3.18. The lowest BCUT2D eigenvalue weighted by atomic mass is 9.97. The average Bonchev–Trinajstić information content (AvgIpc) is 3.38.